The molecule has 1 aromatic carbocycles. The van der Waals surface area contributed by atoms with Gasteiger partial charge in [-0.05, 0) is 26.0 Å². The summed E-state index contributed by atoms with van der Waals surface area (Å²) in [5.74, 6) is 0.187. The van der Waals surface area contributed by atoms with E-state index in [-0.39, 0.29) is 11.3 Å². The van der Waals surface area contributed by atoms with E-state index in [2.05, 4.69) is 10.5 Å². The van der Waals surface area contributed by atoms with Crippen LogP contribution in [0.2, 0.25) is 0 Å². The maximum absolute atomic E-state index is 12.2. The van der Waals surface area contributed by atoms with Gasteiger partial charge in [0, 0.05) is 17.0 Å². The normalized spacial score (nSPS) is 11.4. The number of nitrogens with one attached hydrogen (secondary N) is 1. The second kappa shape index (κ2) is 5.12. The molecule has 0 atom stereocenters. The van der Waals surface area contributed by atoms with E-state index in [9.17, 15) is 4.79 Å². The van der Waals surface area contributed by atoms with Gasteiger partial charge in [-0.25, -0.2) is 0 Å². The van der Waals surface area contributed by atoms with Gasteiger partial charge in [0.2, 0.25) is 5.88 Å². The van der Waals surface area contributed by atoms with Crippen molar-refractivity contribution >= 4 is 11.8 Å². The second-order valence-corrected chi connectivity index (χ2v) is 6.16. The van der Waals surface area contributed by atoms with E-state index in [1.165, 1.54) is 0 Å². The van der Waals surface area contributed by atoms with Crippen molar-refractivity contribution in [1.82, 2.24) is 5.16 Å². The number of aromatic nitrogens is 1. The van der Waals surface area contributed by atoms with E-state index in [4.69, 9.17) is 4.52 Å². The number of hydrogen-bond acceptors (Lipinski definition) is 3. The first-order chi connectivity index (χ1) is 9.25. The molecule has 2 aromatic rings. The third-order valence-electron chi connectivity index (χ3n) is 3.00. The number of aryl methyl sites for hydroxylation is 2. The summed E-state index contributed by atoms with van der Waals surface area (Å²) in [7, 11) is 0. The average Bonchev–Trinajstić information content (AvgIpc) is 2.75. The summed E-state index contributed by atoms with van der Waals surface area (Å²) >= 11 is 0. The molecule has 0 fully saturated rings. The molecule has 0 bridgehead atoms. The number of anilines is 1. The molecule has 0 aliphatic rings. The van der Waals surface area contributed by atoms with Crippen LogP contribution < -0.4 is 5.32 Å². The van der Waals surface area contributed by atoms with E-state index in [0.717, 1.165) is 16.8 Å². The molecule has 0 saturated heterocycles. The number of benzene rings is 1. The minimum atomic E-state index is -0.187. The SMILES string of the molecule is Cc1cc(C)cc(C(=O)Nc2cc(C(C)(C)C)no2)c1. The van der Waals surface area contributed by atoms with Crippen LogP contribution in [0.25, 0.3) is 0 Å². The molecule has 1 amide bonds. The molecule has 0 aliphatic carbocycles. The molecule has 4 heteroatoms. The lowest BCUT2D eigenvalue weighted by atomic mass is 9.92. The van der Waals surface area contributed by atoms with Gasteiger partial charge in [-0.15, -0.1) is 0 Å². The Balaban J connectivity index is 2.17. The van der Waals surface area contributed by atoms with Gasteiger partial charge < -0.3 is 4.52 Å². The van der Waals surface area contributed by atoms with Crippen molar-refractivity contribution in [2.45, 2.75) is 40.0 Å². The van der Waals surface area contributed by atoms with E-state index in [1.807, 2.05) is 52.8 Å². The van der Waals surface area contributed by atoms with Gasteiger partial charge in [-0.1, -0.05) is 43.1 Å². The van der Waals surface area contributed by atoms with Gasteiger partial charge in [0.05, 0.1) is 5.69 Å². The predicted molar refractivity (Wildman–Crippen MR) is 79.1 cm³/mol. The first-order valence-corrected chi connectivity index (χ1v) is 6.62. The number of hydrogen-bond donors (Lipinski definition) is 1. The lowest BCUT2D eigenvalue weighted by molar-refractivity contribution is 0.102. The maximum Gasteiger partial charge on any atom is 0.258 e. The van der Waals surface area contributed by atoms with Gasteiger partial charge in [-0.3, -0.25) is 10.1 Å². The zero-order valence-electron chi connectivity index (χ0n) is 12.6. The van der Waals surface area contributed by atoms with E-state index < -0.39 is 0 Å². The predicted octanol–water partition coefficient (Wildman–Crippen LogP) is 3.84. The van der Waals surface area contributed by atoms with Gasteiger partial charge in [-0.2, -0.15) is 0 Å². The van der Waals surface area contributed by atoms with Crippen LogP contribution in [-0.2, 0) is 5.41 Å². The minimum Gasteiger partial charge on any atom is -0.338 e. The third kappa shape index (κ3) is 3.26. The summed E-state index contributed by atoms with van der Waals surface area (Å²) < 4.78 is 5.16. The summed E-state index contributed by atoms with van der Waals surface area (Å²) in [6.45, 7) is 10.1. The van der Waals surface area contributed by atoms with Crippen LogP contribution in [0.5, 0.6) is 0 Å². The van der Waals surface area contributed by atoms with Gasteiger partial charge >= 0.3 is 0 Å². The van der Waals surface area contributed by atoms with Crippen LogP contribution in [0, 0.1) is 13.8 Å². The molecule has 0 saturated carbocycles. The molecule has 20 heavy (non-hydrogen) atoms. The van der Waals surface area contributed by atoms with Crippen molar-refractivity contribution < 1.29 is 9.32 Å². The van der Waals surface area contributed by atoms with Crippen LogP contribution in [0.1, 0.15) is 48.0 Å². The Kier molecular flexibility index (Phi) is 3.66. The fourth-order valence-corrected chi connectivity index (χ4v) is 1.98. The molecule has 1 aromatic heterocycles. The highest BCUT2D eigenvalue weighted by atomic mass is 16.5. The monoisotopic (exact) mass is 272 g/mol. The molecule has 2 rings (SSSR count). The molecule has 0 unspecified atom stereocenters. The van der Waals surface area contributed by atoms with Gasteiger partial charge in [0.1, 0.15) is 0 Å². The van der Waals surface area contributed by atoms with Crippen molar-refractivity contribution in [3.8, 4) is 0 Å². The number of carbonyl (C=O) groups is 1. The molecule has 0 spiro atoms. The first kappa shape index (κ1) is 14.3. The Labute approximate surface area is 119 Å². The molecule has 106 valence electrons. The fraction of sp³-hybridized carbons (Fsp3) is 0.375. The lowest BCUT2D eigenvalue weighted by Crippen LogP contribution is -2.12. The summed E-state index contributed by atoms with van der Waals surface area (Å²) in [5, 5.41) is 6.72. The number of carbonyl (C=O) groups excluding carboxylic acids is 1. The van der Waals surface area contributed by atoms with Gasteiger partial charge in [0.15, 0.2) is 0 Å². The van der Waals surface area contributed by atoms with Crippen molar-refractivity contribution in [1.29, 1.82) is 0 Å². The van der Waals surface area contributed by atoms with Crippen LogP contribution in [0.3, 0.4) is 0 Å². The largest absolute Gasteiger partial charge is 0.338 e. The number of nitrogens with zero attached hydrogens (tertiary/aromatic N) is 1. The Morgan fingerprint density at radius 1 is 1.10 bits per heavy atom. The molecule has 0 radical (unpaired) electrons. The van der Waals surface area contributed by atoms with Crippen molar-refractivity contribution in [3.63, 3.8) is 0 Å². The summed E-state index contributed by atoms with van der Waals surface area (Å²) in [6.07, 6.45) is 0. The highest BCUT2D eigenvalue weighted by Gasteiger charge is 2.20. The Hall–Kier alpha value is -2.10. The van der Waals surface area contributed by atoms with Crippen molar-refractivity contribution in [3.05, 3.63) is 46.6 Å². The fourth-order valence-electron chi connectivity index (χ4n) is 1.98. The van der Waals surface area contributed by atoms with E-state index in [0.29, 0.717) is 11.4 Å². The van der Waals surface area contributed by atoms with Crippen LogP contribution in [0.15, 0.2) is 28.8 Å². The average molecular weight is 272 g/mol. The summed E-state index contributed by atoms with van der Waals surface area (Å²) in [5.41, 5.74) is 3.45. The van der Waals surface area contributed by atoms with Crippen LogP contribution >= 0.6 is 0 Å². The molecule has 1 heterocycles. The zero-order valence-corrected chi connectivity index (χ0v) is 12.6. The lowest BCUT2D eigenvalue weighted by Gasteiger charge is -2.12. The van der Waals surface area contributed by atoms with Crippen LogP contribution in [0.4, 0.5) is 5.88 Å². The first-order valence-electron chi connectivity index (χ1n) is 6.62. The molecule has 4 nitrogen and oxygen atoms in total. The maximum atomic E-state index is 12.2. The molecular weight excluding hydrogens is 252 g/mol. The van der Waals surface area contributed by atoms with Crippen LogP contribution in [-0.4, -0.2) is 11.1 Å². The number of rotatable bonds is 2. The smallest absolute Gasteiger partial charge is 0.258 e. The van der Waals surface area contributed by atoms with Crippen molar-refractivity contribution in [2.24, 2.45) is 0 Å². The molecule has 0 aliphatic heterocycles. The Morgan fingerprint density at radius 2 is 1.70 bits per heavy atom. The zero-order chi connectivity index (χ0) is 14.9. The summed E-state index contributed by atoms with van der Waals surface area (Å²) in [6, 6.07) is 7.50. The highest BCUT2D eigenvalue weighted by Crippen LogP contribution is 2.24. The summed E-state index contributed by atoms with van der Waals surface area (Å²) in [4.78, 5) is 12.2. The molecular formula is C16H20N2O2. The van der Waals surface area contributed by atoms with Gasteiger partial charge in [0.25, 0.3) is 5.91 Å². The Morgan fingerprint density at radius 3 is 2.20 bits per heavy atom. The highest BCUT2D eigenvalue weighted by molar-refractivity contribution is 6.03. The minimum absolute atomic E-state index is 0.105. The van der Waals surface area contributed by atoms with E-state index in [1.54, 1.807) is 6.07 Å². The number of amides is 1. The molecule has 1 N–H and O–H groups in total. The third-order valence-corrected chi connectivity index (χ3v) is 3.00. The second-order valence-electron chi connectivity index (χ2n) is 6.16. The van der Waals surface area contributed by atoms with Crippen molar-refractivity contribution in [2.75, 3.05) is 5.32 Å². The quantitative estimate of drug-likeness (QED) is 0.903. The Bertz CT molecular complexity index is 616. The standard InChI is InChI=1S/C16H20N2O2/c1-10-6-11(2)8-12(7-10)15(19)17-14-9-13(18-20-14)16(3,4)5/h6-9H,1-5H3,(H,17,19). The topological polar surface area (TPSA) is 55.1 Å². The van der Waals surface area contributed by atoms with E-state index >= 15 is 0 Å².